The average Bonchev–Trinajstić information content (AvgIpc) is 2.03. The van der Waals surface area contributed by atoms with E-state index in [2.05, 4.69) is 0 Å². The molecule has 1 saturated heterocycles. The summed E-state index contributed by atoms with van der Waals surface area (Å²) in [6.45, 7) is 2.57. The van der Waals surface area contributed by atoms with Crippen molar-refractivity contribution in [2.24, 2.45) is 0 Å². The van der Waals surface area contributed by atoms with Crippen LogP contribution in [0.1, 0.15) is 26.2 Å². The van der Waals surface area contributed by atoms with E-state index in [9.17, 15) is 9.90 Å². The molecule has 0 spiro atoms. The van der Waals surface area contributed by atoms with Gasteiger partial charge in [-0.1, -0.05) is 6.42 Å². The zero-order valence-electron chi connectivity index (χ0n) is 7.94. The van der Waals surface area contributed by atoms with Gasteiger partial charge >= 0.3 is 5.97 Å². The molecular formula is C9H17NO3. The Morgan fingerprint density at radius 1 is 1.62 bits per heavy atom. The molecular weight excluding hydrogens is 170 g/mol. The SMILES string of the molecule is C[C@@H](O)[C@H]1CCCCN1CC(=O)O. The van der Waals surface area contributed by atoms with Crippen molar-refractivity contribution in [1.29, 1.82) is 0 Å². The Bertz CT molecular complexity index is 182. The van der Waals surface area contributed by atoms with Crippen LogP contribution in [0.4, 0.5) is 0 Å². The van der Waals surface area contributed by atoms with Crippen LogP contribution in [0.15, 0.2) is 0 Å². The van der Waals surface area contributed by atoms with Gasteiger partial charge in [-0.05, 0) is 26.3 Å². The molecule has 0 unspecified atom stereocenters. The van der Waals surface area contributed by atoms with Crippen LogP contribution in [0.25, 0.3) is 0 Å². The van der Waals surface area contributed by atoms with Gasteiger partial charge in [0.15, 0.2) is 0 Å². The van der Waals surface area contributed by atoms with Gasteiger partial charge in [-0.3, -0.25) is 9.69 Å². The predicted octanol–water partition coefficient (Wildman–Crippen LogP) is 0.306. The zero-order valence-corrected chi connectivity index (χ0v) is 7.94. The van der Waals surface area contributed by atoms with Crippen molar-refractivity contribution in [3.05, 3.63) is 0 Å². The standard InChI is InChI=1S/C9H17NO3/c1-7(11)8-4-2-3-5-10(8)6-9(12)13/h7-8,11H,2-6H2,1H3,(H,12,13)/t7-,8-/m1/s1. The van der Waals surface area contributed by atoms with Crippen molar-refractivity contribution in [3.63, 3.8) is 0 Å². The van der Waals surface area contributed by atoms with Gasteiger partial charge in [-0.25, -0.2) is 0 Å². The summed E-state index contributed by atoms with van der Waals surface area (Å²) in [5.74, 6) is -0.812. The van der Waals surface area contributed by atoms with Crippen LogP contribution in [0.2, 0.25) is 0 Å². The summed E-state index contributed by atoms with van der Waals surface area (Å²) in [6.07, 6.45) is 2.60. The first-order valence-corrected chi connectivity index (χ1v) is 4.75. The molecule has 0 saturated carbocycles. The number of carbonyl (C=O) groups is 1. The molecule has 0 bridgehead atoms. The van der Waals surface area contributed by atoms with Crippen LogP contribution in [0.5, 0.6) is 0 Å². The van der Waals surface area contributed by atoms with Crippen LogP contribution in [0, 0.1) is 0 Å². The van der Waals surface area contributed by atoms with E-state index >= 15 is 0 Å². The molecule has 1 aliphatic rings. The molecule has 1 fully saturated rings. The topological polar surface area (TPSA) is 60.8 Å². The fourth-order valence-electron chi connectivity index (χ4n) is 1.93. The van der Waals surface area contributed by atoms with E-state index in [-0.39, 0.29) is 12.6 Å². The number of carboxylic acid groups (broad SMARTS) is 1. The highest BCUT2D eigenvalue weighted by atomic mass is 16.4. The summed E-state index contributed by atoms with van der Waals surface area (Å²) in [5, 5.41) is 18.1. The maximum Gasteiger partial charge on any atom is 0.317 e. The molecule has 2 atom stereocenters. The minimum absolute atomic E-state index is 0.0323. The third-order valence-electron chi connectivity index (χ3n) is 2.56. The van der Waals surface area contributed by atoms with Gasteiger partial charge in [0.1, 0.15) is 0 Å². The number of aliphatic hydroxyl groups is 1. The van der Waals surface area contributed by atoms with Gasteiger partial charge in [0, 0.05) is 6.04 Å². The number of likely N-dealkylation sites (tertiary alicyclic amines) is 1. The molecule has 2 N–H and O–H groups in total. The molecule has 13 heavy (non-hydrogen) atoms. The summed E-state index contributed by atoms with van der Waals surface area (Å²) in [4.78, 5) is 12.4. The number of nitrogens with zero attached hydrogens (tertiary/aromatic N) is 1. The Labute approximate surface area is 78.2 Å². The highest BCUT2D eigenvalue weighted by Crippen LogP contribution is 2.19. The monoisotopic (exact) mass is 187 g/mol. The van der Waals surface area contributed by atoms with Crippen molar-refractivity contribution in [2.75, 3.05) is 13.1 Å². The van der Waals surface area contributed by atoms with E-state index in [0.717, 1.165) is 25.8 Å². The molecule has 0 amide bonds. The zero-order chi connectivity index (χ0) is 9.84. The molecule has 76 valence electrons. The third kappa shape index (κ3) is 2.97. The number of hydrogen-bond acceptors (Lipinski definition) is 3. The lowest BCUT2D eigenvalue weighted by atomic mass is 9.98. The van der Waals surface area contributed by atoms with Crippen molar-refractivity contribution < 1.29 is 15.0 Å². The molecule has 4 heteroatoms. The normalized spacial score (nSPS) is 27.1. The van der Waals surface area contributed by atoms with Gasteiger partial charge in [0.2, 0.25) is 0 Å². The first kappa shape index (κ1) is 10.5. The largest absolute Gasteiger partial charge is 0.480 e. The third-order valence-corrected chi connectivity index (χ3v) is 2.56. The fraction of sp³-hybridized carbons (Fsp3) is 0.889. The Balaban J connectivity index is 2.51. The maximum atomic E-state index is 10.5. The number of hydrogen-bond donors (Lipinski definition) is 2. The van der Waals surface area contributed by atoms with E-state index in [4.69, 9.17) is 5.11 Å². The maximum absolute atomic E-state index is 10.5. The highest BCUT2D eigenvalue weighted by molar-refractivity contribution is 5.69. The van der Waals surface area contributed by atoms with E-state index in [1.807, 2.05) is 4.90 Å². The summed E-state index contributed by atoms with van der Waals surface area (Å²) < 4.78 is 0. The van der Waals surface area contributed by atoms with Crippen molar-refractivity contribution in [3.8, 4) is 0 Å². The van der Waals surface area contributed by atoms with E-state index in [1.165, 1.54) is 0 Å². The molecule has 1 heterocycles. The lowest BCUT2D eigenvalue weighted by Gasteiger charge is -2.36. The Morgan fingerprint density at radius 3 is 2.85 bits per heavy atom. The predicted molar refractivity (Wildman–Crippen MR) is 48.5 cm³/mol. The van der Waals surface area contributed by atoms with E-state index in [1.54, 1.807) is 6.92 Å². The first-order valence-electron chi connectivity index (χ1n) is 4.75. The lowest BCUT2D eigenvalue weighted by Crippen LogP contribution is -2.47. The van der Waals surface area contributed by atoms with E-state index in [0.29, 0.717) is 0 Å². The van der Waals surface area contributed by atoms with Crippen LogP contribution in [0.3, 0.4) is 0 Å². The fourth-order valence-corrected chi connectivity index (χ4v) is 1.93. The van der Waals surface area contributed by atoms with Gasteiger partial charge in [-0.2, -0.15) is 0 Å². The first-order chi connectivity index (χ1) is 6.11. The van der Waals surface area contributed by atoms with Crippen LogP contribution in [-0.2, 0) is 4.79 Å². The number of piperidine rings is 1. The summed E-state index contributed by atoms with van der Waals surface area (Å²) in [5.41, 5.74) is 0. The van der Waals surface area contributed by atoms with Crippen molar-refractivity contribution in [2.45, 2.75) is 38.3 Å². The number of aliphatic hydroxyl groups excluding tert-OH is 1. The van der Waals surface area contributed by atoms with Crippen molar-refractivity contribution >= 4 is 5.97 Å². The van der Waals surface area contributed by atoms with Crippen LogP contribution >= 0.6 is 0 Å². The Hall–Kier alpha value is -0.610. The molecule has 0 aromatic carbocycles. The van der Waals surface area contributed by atoms with E-state index < -0.39 is 12.1 Å². The summed E-state index contributed by atoms with van der Waals surface area (Å²) in [7, 11) is 0. The Morgan fingerprint density at radius 2 is 2.31 bits per heavy atom. The minimum Gasteiger partial charge on any atom is -0.480 e. The van der Waals surface area contributed by atoms with Crippen molar-refractivity contribution in [1.82, 2.24) is 4.90 Å². The average molecular weight is 187 g/mol. The molecule has 4 nitrogen and oxygen atoms in total. The highest BCUT2D eigenvalue weighted by Gasteiger charge is 2.27. The van der Waals surface area contributed by atoms with Crippen LogP contribution < -0.4 is 0 Å². The van der Waals surface area contributed by atoms with Gasteiger partial charge in [-0.15, -0.1) is 0 Å². The molecule has 0 radical (unpaired) electrons. The second-order valence-electron chi connectivity index (χ2n) is 3.67. The molecule has 0 aliphatic carbocycles. The number of aliphatic carboxylic acids is 1. The smallest absolute Gasteiger partial charge is 0.317 e. The molecule has 1 rings (SSSR count). The molecule has 0 aromatic heterocycles. The molecule has 1 aliphatic heterocycles. The van der Waals surface area contributed by atoms with Gasteiger partial charge in [0.05, 0.1) is 12.6 Å². The summed E-state index contributed by atoms with van der Waals surface area (Å²) in [6, 6.07) is 0.0323. The summed E-state index contributed by atoms with van der Waals surface area (Å²) >= 11 is 0. The quantitative estimate of drug-likeness (QED) is 0.667. The minimum atomic E-state index is -0.812. The van der Waals surface area contributed by atoms with Gasteiger partial charge < -0.3 is 10.2 Å². The Kier molecular flexibility index (Phi) is 3.69. The number of carboxylic acids is 1. The molecule has 0 aromatic rings. The lowest BCUT2D eigenvalue weighted by molar-refractivity contribution is -0.140. The van der Waals surface area contributed by atoms with Crippen LogP contribution in [-0.4, -0.2) is 46.3 Å². The second kappa shape index (κ2) is 4.58. The van der Waals surface area contributed by atoms with Gasteiger partial charge in [0.25, 0.3) is 0 Å². The second-order valence-corrected chi connectivity index (χ2v) is 3.67. The number of rotatable bonds is 3.